The van der Waals surface area contributed by atoms with E-state index in [4.69, 9.17) is 14.0 Å². The number of rotatable bonds is 6. The van der Waals surface area contributed by atoms with Crippen LogP contribution in [0.2, 0.25) is 6.04 Å². The van der Waals surface area contributed by atoms with Gasteiger partial charge in [-0.3, -0.25) is 0 Å². The van der Waals surface area contributed by atoms with E-state index in [1.165, 1.54) is 6.04 Å². The molecule has 0 fully saturated rings. The first-order chi connectivity index (χ1) is 4.77. The maximum atomic E-state index is 5.56. The molecule has 0 aromatic carbocycles. The Bertz CT molecular complexity index is 73.5. The highest BCUT2D eigenvalue weighted by Gasteiger charge is 1.93. The lowest BCUT2D eigenvalue weighted by Crippen LogP contribution is -2.16. The summed E-state index contributed by atoms with van der Waals surface area (Å²) in [4.78, 5) is 0. The van der Waals surface area contributed by atoms with E-state index < -0.39 is 10.0 Å². The van der Waals surface area contributed by atoms with E-state index in [0.717, 1.165) is 16.9 Å². The summed E-state index contributed by atoms with van der Waals surface area (Å²) in [7, 11) is 0.0342. The summed E-state index contributed by atoms with van der Waals surface area (Å²) >= 11 is 0. The Morgan fingerprint density at radius 3 is 2.90 bits per heavy atom. The van der Waals surface area contributed by atoms with E-state index >= 15 is 0 Å². The molecule has 6 heteroatoms. The van der Waals surface area contributed by atoms with Gasteiger partial charge in [-0.1, -0.05) is 0 Å². The maximum Gasteiger partial charge on any atom is 0.282 e. The molecule has 0 heterocycles. The summed E-state index contributed by atoms with van der Waals surface area (Å²) in [5.41, 5.74) is 5.56. The second kappa shape index (κ2) is 7.64. The van der Waals surface area contributed by atoms with Gasteiger partial charge in [0.25, 0.3) is 10.0 Å². The van der Waals surface area contributed by atoms with E-state index in [2.05, 4.69) is 0 Å². The minimum Gasteiger partial charge on any atom is -0.449 e. The fourth-order valence-corrected chi connectivity index (χ4v) is 4.91. The fraction of sp³-hybridized carbons (Fsp3) is 1.00. The van der Waals surface area contributed by atoms with E-state index in [1.807, 2.05) is 6.92 Å². The summed E-state index contributed by atoms with van der Waals surface area (Å²) in [5, 5.41) is 0. The Balaban J connectivity index is 2.77. The third kappa shape index (κ3) is 8.53. The topological polar surface area (TPSA) is 44.5 Å². The van der Waals surface area contributed by atoms with E-state index in [9.17, 15) is 0 Å². The van der Waals surface area contributed by atoms with E-state index in [-0.39, 0.29) is 9.76 Å². The molecule has 0 saturated heterocycles. The van der Waals surface area contributed by atoms with Crippen LogP contribution in [0.15, 0.2) is 0 Å². The van der Waals surface area contributed by atoms with Crippen LogP contribution in [0.3, 0.4) is 0 Å². The molecule has 0 bridgehead atoms. The average molecular weight is 195 g/mol. The Morgan fingerprint density at radius 2 is 2.40 bits per heavy atom. The molecule has 10 heavy (non-hydrogen) atoms. The second-order valence-corrected chi connectivity index (χ2v) is 7.73. The number of hydrogen-bond acceptors (Lipinski definition) is 3. The van der Waals surface area contributed by atoms with Crippen LogP contribution >= 0.6 is 0 Å². The summed E-state index contributed by atoms with van der Waals surface area (Å²) in [6.45, 7) is 2.04. The third-order valence-corrected chi connectivity index (χ3v) is 4.61. The van der Waals surface area contributed by atoms with Crippen LogP contribution in [0.1, 0.15) is 13.3 Å². The van der Waals surface area contributed by atoms with E-state index in [1.54, 1.807) is 0 Å². The largest absolute Gasteiger partial charge is 0.449 e. The fourth-order valence-electron chi connectivity index (χ4n) is 0.650. The smallest absolute Gasteiger partial charge is 0.282 e. The van der Waals surface area contributed by atoms with Crippen molar-refractivity contribution >= 4 is 30.3 Å². The molecule has 3 nitrogen and oxygen atoms in total. The van der Waals surface area contributed by atoms with Crippen molar-refractivity contribution in [2.45, 2.75) is 25.4 Å². The highest BCUT2D eigenvalue weighted by molar-refractivity contribution is 6.41. The monoisotopic (exact) mass is 195 g/mol. The predicted octanol–water partition coefficient (Wildman–Crippen LogP) is -2.46. The molecule has 0 amide bonds. The van der Waals surface area contributed by atoms with Gasteiger partial charge in [0.1, 0.15) is 20.2 Å². The zero-order valence-corrected chi connectivity index (χ0v) is 11.6. The van der Waals surface area contributed by atoms with Crippen LogP contribution in [0.25, 0.3) is 0 Å². The first-order valence-electron chi connectivity index (χ1n) is 3.59. The van der Waals surface area contributed by atoms with Gasteiger partial charge in [0.05, 0.1) is 0 Å². The highest BCUT2D eigenvalue weighted by Crippen LogP contribution is 1.92. The lowest BCUT2D eigenvalue weighted by atomic mass is 10.3. The lowest BCUT2D eigenvalue weighted by molar-refractivity contribution is 0.498. The SMILES string of the molecule is CC(N)CC[SiH2]O[SiH2]O[SiH3]. The zero-order chi connectivity index (χ0) is 7.82. The molecular weight excluding hydrogens is 178 g/mol. The van der Waals surface area contributed by atoms with Crippen molar-refractivity contribution in [2.24, 2.45) is 5.73 Å². The highest BCUT2D eigenvalue weighted by atomic mass is 28.3. The van der Waals surface area contributed by atoms with Crippen LogP contribution in [-0.4, -0.2) is 36.3 Å². The summed E-state index contributed by atoms with van der Waals surface area (Å²) < 4.78 is 10.4. The Morgan fingerprint density at radius 1 is 1.70 bits per heavy atom. The minimum absolute atomic E-state index is 0.264. The molecule has 0 aliphatic heterocycles. The van der Waals surface area contributed by atoms with Gasteiger partial charge in [-0.15, -0.1) is 0 Å². The molecule has 2 N–H and O–H groups in total. The van der Waals surface area contributed by atoms with Gasteiger partial charge in [0.15, 0.2) is 0 Å². The van der Waals surface area contributed by atoms with Crippen molar-refractivity contribution < 1.29 is 8.23 Å². The van der Waals surface area contributed by atoms with Crippen LogP contribution in [-0.2, 0) is 8.23 Å². The number of nitrogens with two attached hydrogens (primary N) is 1. The van der Waals surface area contributed by atoms with Gasteiger partial charge < -0.3 is 14.0 Å². The van der Waals surface area contributed by atoms with Gasteiger partial charge in [-0.05, 0) is 19.4 Å². The third-order valence-electron chi connectivity index (χ3n) is 1.15. The minimum atomic E-state index is -0.541. The van der Waals surface area contributed by atoms with E-state index in [0.29, 0.717) is 6.04 Å². The first-order valence-corrected chi connectivity index (χ1v) is 7.14. The summed E-state index contributed by atoms with van der Waals surface area (Å²) in [6.07, 6.45) is 1.11. The molecule has 0 saturated carbocycles. The normalized spacial score (nSPS) is 16.2. The molecule has 0 radical (unpaired) electrons. The van der Waals surface area contributed by atoms with Gasteiger partial charge in [0.2, 0.25) is 0 Å². The number of hydrogen-bond donors (Lipinski definition) is 1. The predicted molar refractivity (Wildman–Crippen MR) is 52.3 cm³/mol. The van der Waals surface area contributed by atoms with Gasteiger partial charge >= 0.3 is 0 Å². The molecule has 1 unspecified atom stereocenters. The van der Waals surface area contributed by atoms with Crippen molar-refractivity contribution in [3.05, 3.63) is 0 Å². The van der Waals surface area contributed by atoms with Crippen LogP contribution in [0.4, 0.5) is 0 Å². The van der Waals surface area contributed by atoms with Crippen LogP contribution < -0.4 is 5.73 Å². The first kappa shape index (κ1) is 10.5. The quantitative estimate of drug-likeness (QED) is 0.378. The summed E-state index contributed by atoms with van der Waals surface area (Å²) in [6, 6.07) is 1.55. The molecular formula is C4H17NO2Si3. The van der Waals surface area contributed by atoms with Crippen LogP contribution in [0.5, 0.6) is 0 Å². The van der Waals surface area contributed by atoms with Crippen LogP contribution in [0, 0.1) is 0 Å². The van der Waals surface area contributed by atoms with Gasteiger partial charge in [0, 0.05) is 6.04 Å². The molecule has 0 spiro atoms. The van der Waals surface area contributed by atoms with Crippen molar-refractivity contribution in [3.8, 4) is 0 Å². The van der Waals surface area contributed by atoms with Crippen molar-refractivity contribution in [3.63, 3.8) is 0 Å². The average Bonchev–Trinajstić information content (AvgIpc) is 1.87. The Kier molecular flexibility index (Phi) is 8.04. The van der Waals surface area contributed by atoms with Gasteiger partial charge in [-0.25, -0.2) is 0 Å². The molecule has 62 valence electrons. The molecule has 0 aliphatic carbocycles. The lowest BCUT2D eigenvalue weighted by Gasteiger charge is -2.04. The van der Waals surface area contributed by atoms with Crippen molar-refractivity contribution in [1.82, 2.24) is 0 Å². The molecule has 0 rings (SSSR count). The molecule has 1 atom stereocenters. The van der Waals surface area contributed by atoms with Crippen molar-refractivity contribution in [2.75, 3.05) is 0 Å². The standard InChI is InChI=1S/C4H17NO2Si3/c1-4(5)2-3-9-7-10-6-8/h4H,2-3,5,9-10H2,1,8H3. The Hall–Kier alpha value is 0.531. The maximum absolute atomic E-state index is 5.56. The second-order valence-electron chi connectivity index (χ2n) is 2.43. The Labute approximate surface area is 70.2 Å². The van der Waals surface area contributed by atoms with Gasteiger partial charge in [-0.2, -0.15) is 0 Å². The molecule has 0 aliphatic rings. The zero-order valence-electron chi connectivity index (χ0n) is 6.80. The van der Waals surface area contributed by atoms with Crippen molar-refractivity contribution in [1.29, 1.82) is 0 Å². The summed E-state index contributed by atoms with van der Waals surface area (Å²) in [5.74, 6) is 0. The molecule has 0 aromatic rings. The molecule has 0 aromatic heterocycles.